The lowest BCUT2D eigenvalue weighted by Crippen LogP contribution is -2.30. The van der Waals surface area contributed by atoms with E-state index in [-0.39, 0.29) is 0 Å². The maximum absolute atomic E-state index is 5.32. The second kappa shape index (κ2) is 5.69. The number of benzene rings is 1. The average Bonchev–Trinajstić information content (AvgIpc) is 3.08. The van der Waals surface area contributed by atoms with Crippen molar-refractivity contribution in [1.82, 2.24) is 19.9 Å². The summed E-state index contributed by atoms with van der Waals surface area (Å²) >= 11 is 0. The number of fused-ring (bicyclic) bond motifs is 1. The lowest BCUT2D eigenvalue weighted by molar-refractivity contribution is 0.223. The van der Waals surface area contributed by atoms with Gasteiger partial charge in [-0.3, -0.25) is 4.90 Å². The van der Waals surface area contributed by atoms with Gasteiger partial charge < -0.3 is 4.42 Å². The van der Waals surface area contributed by atoms with Gasteiger partial charge in [0.15, 0.2) is 12.2 Å². The molecule has 0 radical (unpaired) electrons. The summed E-state index contributed by atoms with van der Waals surface area (Å²) in [5.41, 5.74) is 3.42. The van der Waals surface area contributed by atoms with Gasteiger partial charge in [-0.05, 0) is 0 Å². The van der Waals surface area contributed by atoms with E-state index in [2.05, 4.69) is 14.9 Å². The summed E-state index contributed by atoms with van der Waals surface area (Å²) in [6, 6.07) is 10.1. The Labute approximate surface area is 128 Å². The maximum Gasteiger partial charge on any atom is 0.180 e. The van der Waals surface area contributed by atoms with E-state index in [9.17, 15) is 0 Å². The molecule has 5 nitrogen and oxygen atoms in total. The summed E-state index contributed by atoms with van der Waals surface area (Å²) < 4.78 is 5.32. The van der Waals surface area contributed by atoms with Crippen LogP contribution in [0.15, 0.2) is 53.5 Å². The van der Waals surface area contributed by atoms with Crippen LogP contribution in [0.1, 0.15) is 17.0 Å². The second-order valence-electron chi connectivity index (χ2n) is 5.46. The third-order valence-electron chi connectivity index (χ3n) is 3.91. The van der Waals surface area contributed by atoms with Crippen molar-refractivity contribution in [2.75, 3.05) is 6.54 Å². The highest BCUT2D eigenvalue weighted by molar-refractivity contribution is 5.54. The maximum atomic E-state index is 5.32. The van der Waals surface area contributed by atoms with E-state index in [0.717, 1.165) is 48.9 Å². The third-order valence-corrected chi connectivity index (χ3v) is 3.91. The Hall–Kier alpha value is -2.53. The summed E-state index contributed by atoms with van der Waals surface area (Å²) in [4.78, 5) is 15.5. The first kappa shape index (κ1) is 13.2. The van der Waals surface area contributed by atoms with Crippen LogP contribution in [0.5, 0.6) is 0 Å². The van der Waals surface area contributed by atoms with Gasteiger partial charge in [0.05, 0.1) is 18.4 Å². The molecule has 22 heavy (non-hydrogen) atoms. The lowest BCUT2D eigenvalue weighted by atomic mass is 10.1. The van der Waals surface area contributed by atoms with E-state index in [1.807, 2.05) is 36.5 Å². The second-order valence-corrected chi connectivity index (χ2v) is 5.46. The largest absolute Gasteiger partial charge is 0.447 e. The molecule has 0 spiro atoms. The van der Waals surface area contributed by atoms with E-state index >= 15 is 0 Å². The summed E-state index contributed by atoms with van der Waals surface area (Å²) in [6.07, 6.45) is 6.13. The first-order chi connectivity index (χ1) is 10.9. The molecule has 3 heterocycles. The highest BCUT2D eigenvalue weighted by Crippen LogP contribution is 2.21. The smallest absolute Gasteiger partial charge is 0.180 e. The van der Waals surface area contributed by atoms with Crippen LogP contribution in [-0.2, 0) is 19.5 Å². The van der Waals surface area contributed by atoms with Gasteiger partial charge in [0, 0.05) is 36.8 Å². The Kier molecular flexibility index (Phi) is 3.40. The molecule has 0 bridgehead atoms. The normalized spacial score (nSPS) is 14.7. The molecule has 2 aromatic heterocycles. The van der Waals surface area contributed by atoms with E-state index in [4.69, 9.17) is 9.40 Å². The van der Waals surface area contributed by atoms with Crippen molar-refractivity contribution in [3.05, 3.63) is 66.1 Å². The van der Waals surface area contributed by atoms with Crippen LogP contribution >= 0.6 is 0 Å². The van der Waals surface area contributed by atoms with E-state index in [1.165, 1.54) is 12.0 Å². The van der Waals surface area contributed by atoms with E-state index in [0.29, 0.717) is 0 Å². The number of aromatic nitrogens is 3. The Morgan fingerprint density at radius 3 is 2.86 bits per heavy atom. The molecule has 0 atom stereocenters. The molecule has 0 fully saturated rings. The zero-order valence-electron chi connectivity index (χ0n) is 12.1. The fraction of sp³-hybridized carbons (Fsp3) is 0.235. The van der Waals surface area contributed by atoms with E-state index in [1.54, 1.807) is 6.20 Å². The predicted octanol–water partition coefficient (Wildman–Crippen LogP) is 2.69. The average molecular weight is 292 g/mol. The highest BCUT2D eigenvalue weighted by atomic mass is 16.3. The zero-order chi connectivity index (χ0) is 14.8. The first-order valence-corrected chi connectivity index (χ1v) is 7.38. The number of nitrogens with zero attached hydrogens (tertiary/aromatic N) is 4. The van der Waals surface area contributed by atoms with Crippen molar-refractivity contribution < 1.29 is 4.42 Å². The van der Waals surface area contributed by atoms with Gasteiger partial charge in [-0.15, -0.1) is 0 Å². The van der Waals surface area contributed by atoms with Crippen molar-refractivity contribution in [1.29, 1.82) is 0 Å². The summed E-state index contributed by atoms with van der Waals surface area (Å²) in [6.45, 7) is 2.60. The molecule has 0 amide bonds. The molecule has 0 saturated heterocycles. The molecule has 0 N–H and O–H groups in total. The van der Waals surface area contributed by atoms with Crippen molar-refractivity contribution in [2.45, 2.75) is 19.5 Å². The SMILES string of the molecule is c1ccc(-c2ncc3c(n2)CCN(Cc2cnco2)C3)cc1. The van der Waals surface area contributed by atoms with Gasteiger partial charge in [0.25, 0.3) is 0 Å². The fourth-order valence-electron chi connectivity index (χ4n) is 2.78. The Bertz CT molecular complexity index is 756. The van der Waals surface area contributed by atoms with E-state index < -0.39 is 0 Å². The van der Waals surface area contributed by atoms with Gasteiger partial charge in [-0.2, -0.15) is 0 Å². The Morgan fingerprint density at radius 1 is 1.14 bits per heavy atom. The Balaban J connectivity index is 1.54. The molecule has 1 aliphatic rings. The summed E-state index contributed by atoms with van der Waals surface area (Å²) in [5.74, 6) is 1.70. The molecule has 3 aromatic rings. The van der Waals surface area contributed by atoms with Gasteiger partial charge in [-0.1, -0.05) is 30.3 Å². The lowest BCUT2D eigenvalue weighted by Gasteiger charge is -2.27. The molecular formula is C17H16N4O. The number of hydrogen-bond donors (Lipinski definition) is 0. The molecule has 110 valence electrons. The van der Waals surface area contributed by atoms with Gasteiger partial charge in [-0.25, -0.2) is 15.0 Å². The number of rotatable bonds is 3. The highest BCUT2D eigenvalue weighted by Gasteiger charge is 2.19. The first-order valence-electron chi connectivity index (χ1n) is 7.38. The van der Waals surface area contributed by atoms with Crippen LogP contribution in [0.4, 0.5) is 0 Å². The summed E-state index contributed by atoms with van der Waals surface area (Å²) in [5, 5.41) is 0. The fourth-order valence-corrected chi connectivity index (χ4v) is 2.78. The molecule has 1 aromatic carbocycles. The van der Waals surface area contributed by atoms with Crippen LogP contribution in [0, 0.1) is 0 Å². The van der Waals surface area contributed by atoms with Crippen LogP contribution in [0.3, 0.4) is 0 Å². The van der Waals surface area contributed by atoms with Crippen molar-refractivity contribution >= 4 is 0 Å². The molecule has 0 aliphatic carbocycles. The quantitative estimate of drug-likeness (QED) is 0.743. The molecule has 0 unspecified atom stereocenters. The molecule has 4 rings (SSSR count). The predicted molar refractivity (Wildman–Crippen MR) is 81.8 cm³/mol. The van der Waals surface area contributed by atoms with Crippen LogP contribution in [-0.4, -0.2) is 26.4 Å². The van der Waals surface area contributed by atoms with Gasteiger partial charge >= 0.3 is 0 Å². The van der Waals surface area contributed by atoms with Crippen LogP contribution < -0.4 is 0 Å². The number of oxazole rings is 1. The Morgan fingerprint density at radius 2 is 2.05 bits per heavy atom. The van der Waals surface area contributed by atoms with Crippen molar-refractivity contribution in [3.8, 4) is 11.4 Å². The van der Waals surface area contributed by atoms with Crippen molar-refractivity contribution in [2.24, 2.45) is 0 Å². The van der Waals surface area contributed by atoms with Crippen LogP contribution in [0.2, 0.25) is 0 Å². The van der Waals surface area contributed by atoms with Gasteiger partial charge in [0.2, 0.25) is 0 Å². The molecule has 5 heteroatoms. The third kappa shape index (κ3) is 2.63. The van der Waals surface area contributed by atoms with Gasteiger partial charge in [0.1, 0.15) is 5.76 Å². The molecule has 1 aliphatic heterocycles. The van der Waals surface area contributed by atoms with Crippen molar-refractivity contribution in [3.63, 3.8) is 0 Å². The standard InChI is InChI=1S/C17H16N4O/c1-2-4-13(5-3-1)17-19-8-14-10-21(7-6-16(14)20-17)11-15-9-18-12-22-15/h1-5,8-9,12H,6-7,10-11H2. The summed E-state index contributed by atoms with van der Waals surface area (Å²) in [7, 11) is 0. The minimum Gasteiger partial charge on any atom is -0.447 e. The zero-order valence-corrected chi connectivity index (χ0v) is 12.1. The minimum atomic E-state index is 0.778. The number of hydrogen-bond acceptors (Lipinski definition) is 5. The topological polar surface area (TPSA) is 55.1 Å². The molecule has 0 saturated carbocycles. The minimum absolute atomic E-state index is 0.778. The van der Waals surface area contributed by atoms with Crippen LogP contribution in [0.25, 0.3) is 11.4 Å². The monoisotopic (exact) mass is 292 g/mol. The molecular weight excluding hydrogens is 276 g/mol.